The number of halogens is 3. The number of carboxylic acids is 1. The summed E-state index contributed by atoms with van der Waals surface area (Å²) in [5.74, 6) is -1.47. The number of pyridine rings is 1. The number of aromatic nitrogens is 1. The summed E-state index contributed by atoms with van der Waals surface area (Å²) in [7, 11) is 0. The van der Waals surface area contributed by atoms with Crippen LogP contribution in [0.2, 0.25) is 0 Å². The number of carbonyl (C=O) groups excluding carboxylic acids is 1. The summed E-state index contributed by atoms with van der Waals surface area (Å²) in [4.78, 5) is 30.2. The van der Waals surface area contributed by atoms with Crippen LogP contribution in [0.5, 0.6) is 0 Å². The summed E-state index contributed by atoms with van der Waals surface area (Å²) in [6.07, 6.45) is -3.27. The Hall–Kier alpha value is -2.92. The predicted octanol–water partition coefficient (Wildman–Crippen LogP) is 2.59. The summed E-state index contributed by atoms with van der Waals surface area (Å²) in [5.41, 5.74) is 1.38. The van der Waals surface area contributed by atoms with Gasteiger partial charge in [0.05, 0.1) is 25.5 Å². The lowest BCUT2D eigenvalue weighted by atomic mass is 10.1. The first kappa shape index (κ1) is 23.7. The summed E-state index contributed by atoms with van der Waals surface area (Å²) < 4.78 is 43.2. The van der Waals surface area contributed by atoms with Crippen LogP contribution < -0.4 is 0 Å². The van der Waals surface area contributed by atoms with Gasteiger partial charge < -0.3 is 19.2 Å². The lowest BCUT2D eigenvalue weighted by Crippen LogP contribution is -2.34. The highest BCUT2D eigenvalue weighted by Gasteiger charge is 2.39. The number of likely N-dealkylation sites (tertiary alicyclic amines) is 1. The number of rotatable bonds is 3. The van der Waals surface area contributed by atoms with Gasteiger partial charge >= 0.3 is 12.1 Å². The molecule has 0 radical (unpaired) electrons. The molecule has 0 spiro atoms. The van der Waals surface area contributed by atoms with Crippen molar-refractivity contribution in [1.82, 2.24) is 14.8 Å². The van der Waals surface area contributed by atoms with E-state index in [0.717, 1.165) is 31.1 Å². The minimum atomic E-state index is -5.08. The molecule has 0 unspecified atom stereocenters. The van der Waals surface area contributed by atoms with Crippen molar-refractivity contribution in [3.63, 3.8) is 0 Å². The van der Waals surface area contributed by atoms with Crippen molar-refractivity contribution in [2.75, 3.05) is 32.8 Å². The average molecular weight is 455 g/mol. The number of carbonyl (C=O) groups is 2. The van der Waals surface area contributed by atoms with Crippen LogP contribution in [0.15, 0.2) is 41.0 Å². The van der Waals surface area contributed by atoms with Gasteiger partial charge in [-0.05, 0) is 31.2 Å². The van der Waals surface area contributed by atoms with Gasteiger partial charge in [0.25, 0.3) is 5.91 Å². The zero-order valence-corrected chi connectivity index (χ0v) is 17.4. The van der Waals surface area contributed by atoms with Crippen molar-refractivity contribution in [1.29, 1.82) is 0 Å². The lowest BCUT2D eigenvalue weighted by Gasteiger charge is -2.22. The molecule has 11 heteroatoms. The second kappa shape index (κ2) is 10.1. The van der Waals surface area contributed by atoms with E-state index in [1.807, 2.05) is 36.1 Å². The first-order chi connectivity index (χ1) is 15.1. The molecule has 8 nitrogen and oxygen atoms in total. The van der Waals surface area contributed by atoms with Crippen LogP contribution in [-0.4, -0.2) is 76.8 Å². The minimum Gasteiger partial charge on any atom is -0.475 e. The number of hydrogen-bond donors (Lipinski definition) is 1. The summed E-state index contributed by atoms with van der Waals surface area (Å²) in [6.45, 7) is 6.54. The maximum absolute atomic E-state index is 12.7. The highest BCUT2D eigenvalue weighted by atomic mass is 19.4. The minimum absolute atomic E-state index is 0.00189. The molecule has 2 aliphatic rings. The zero-order chi connectivity index (χ0) is 23.3. The molecule has 1 amide bonds. The molecule has 0 aromatic carbocycles. The van der Waals surface area contributed by atoms with Crippen molar-refractivity contribution < 1.29 is 37.0 Å². The van der Waals surface area contributed by atoms with Gasteiger partial charge in [0, 0.05) is 37.8 Å². The van der Waals surface area contributed by atoms with Crippen LogP contribution in [0.3, 0.4) is 0 Å². The highest BCUT2D eigenvalue weighted by molar-refractivity contribution is 5.92. The predicted molar refractivity (Wildman–Crippen MR) is 106 cm³/mol. The summed E-state index contributed by atoms with van der Waals surface area (Å²) >= 11 is 0. The number of carboxylic acid groups (broad SMARTS) is 1. The van der Waals surface area contributed by atoms with Crippen LogP contribution in [0, 0.1) is 12.8 Å². The van der Waals surface area contributed by atoms with Crippen molar-refractivity contribution >= 4 is 11.9 Å². The van der Waals surface area contributed by atoms with Crippen molar-refractivity contribution in [2.45, 2.75) is 25.7 Å². The van der Waals surface area contributed by atoms with Gasteiger partial charge in [0.1, 0.15) is 11.5 Å². The smallest absolute Gasteiger partial charge is 0.475 e. The Balaban J connectivity index is 0.000000360. The van der Waals surface area contributed by atoms with Gasteiger partial charge in [-0.1, -0.05) is 6.07 Å². The van der Waals surface area contributed by atoms with Crippen molar-refractivity contribution in [2.24, 2.45) is 5.92 Å². The molecule has 2 fully saturated rings. The molecular formula is C21H24F3N3O5. The van der Waals surface area contributed by atoms with E-state index in [1.165, 1.54) is 0 Å². The average Bonchev–Trinajstić information content (AvgIpc) is 3.33. The fraction of sp³-hybridized carbons (Fsp3) is 0.476. The molecule has 2 aliphatic heterocycles. The quantitative estimate of drug-likeness (QED) is 0.760. The van der Waals surface area contributed by atoms with Crippen LogP contribution in [0.25, 0.3) is 0 Å². The fourth-order valence-corrected chi connectivity index (χ4v) is 3.72. The Morgan fingerprint density at radius 2 is 1.94 bits per heavy atom. The van der Waals surface area contributed by atoms with E-state index in [2.05, 4.69) is 9.88 Å². The number of nitrogens with zero attached hydrogens (tertiary/aromatic N) is 3. The molecule has 174 valence electrons. The molecule has 0 saturated carbocycles. The van der Waals surface area contributed by atoms with Gasteiger partial charge in [-0.25, -0.2) is 9.78 Å². The van der Waals surface area contributed by atoms with Gasteiger partial charge in [0.2, 0.25) is 0 Å². The van der Waals surface area contributed by atoms with E-state index in [-0.39, 0.29) is 12.0 Å². The molecule has 2 atom stereocenters. The lowest BCUT2D eigenvalue weighted by molar-refractivity contribution is -0.192. The normalized spacial score (nSPS) is 21.3. The molecule has 4 heterocycles. The van der Waals surface area contributed by atoms with E-state index >= 15 is 0 Å². The van der Waals surface area contributed by atoms with Crippen molar-refractivity contribution in [3.8, 4) is 0 Å². The molecule has 0 bridgehead atoms. The topological polar surface area (TPSA) is 96.1 Å². The van der Waals surface area contributed by atoms with E-state index < -0.39 is 12.1 Å². The van der Waals surface area contributed by atoms with E-state index in [4.69, 9.17) is 19.1 Å². The van der Waals surface area contributed by atoms with Gasteiger partial charge in [-0.3, -0.25) is 9.69 Å². The van der Waals surface area contributed by atoms with Gasteiger partial charge in [-0.2, -0.15) is 13.2 Å². The molecule has 1 N–H and O–H groups in total. The second-order valence-corrected chi connectivity index (χ2v) is 7.66. The Morgan fingerprint density at radius 3 is 2.56 bits per heavy atom. The number of amides is 1. The Labute approximate surface area is 182 Å². The van der Waals surface area contributed by atoms with E-state index in [1.54, 1.807) is 12.3 Å². The molecule has 0 aliphatic carbocycles. The fourth-order valence-electron chi connectivity index (χ4n) is 3.72. The van der Waals surface area contributed by atoms with Crippen molar-refractivity contribution in [3.05, 3.63) is 53.7 Å². The second-order valence-electron chi connectivity index (χ2n) is 7.66. The van der Waals surface area contributed by atoms with Gasteiger partial charge in [0.15, 0.2) is 0 Å². The SMILES string of the molecule is Cc1cccc(C(=O)N2C[C@@H]3CN(Cc4ccco4)CCO[C@@H]3C2)n1.O=C(O)C(F)(F)F. The molecule has 2 aromatic rings. The number of aliphatic carboxylic acids is 1. The first-order valence-electron chi connectivity index (χ1n) is 10.0. The summed E-state index contributed by atoms with van der Waals surface area (Å²) in [5, 5.41) is 7.12. The zero-order valence-electron chi connectivity index (χ0n) is 17.4. The molecule has 32 heavy (non-hydrogen) atoms. The van der Waals surface area contributed by atoms with E-state index in [9.17, 15) is 18.0 Å². The number of aryl methyl sites for hydroxylation is 1. The molecular weight excluding hydrogens is 431 g/mol. The number of hydrogen-bond acceptors (Lipinski definition) is 6. The monoisotopic (exact) mass is 455 g/mol. The van der Waals surface area contributed by atoms with Crippen LogP contribution in [0.4, 0.5) is 13.2 Å². The number of fused-ring (bicyclic) bond motifs is 1. The van der Waals surface area contributed by atoms with Crippen LogP contribution in [0.1, 0.15) is 21.9 Å². The third-order valence-corrected chi connectivity index (χ3v) is 5.21. The number of furan rings is 1. The highest BCUT2D eigenvalue weighted by Crippen LogP contribution is 2.25. The number of alkyl halides is 3. The summed E-state index contributed by atoms with van der Waals surface area (Å²) in [6, 6.07) is 9.48. The Kier molecular flexibility index (Phi) is 7.52. The van der Waals surface area contributed by atoms with Gasteiger partial charge in [-0.15, -0.1) is 0 Å². The van der Waals surface area contributed by atoms with Crippen LogP contribution >= 0.6 is 0 Å². The van der Waals surface area contributed by atoms with Crippen LogP contribution in [-0.2, 0) is 16.1 Å². The third kappa shape index (κ3) is 6.30. The Bertz CT molecular complexity index is 920. The molecule has 2 saturated heterocycles. The van der Waals surface area contributed by atoms with E-state index in [0.29, 0.717) is 31.3 Å². The maximum Gasteiger partial charge on any atom is 0.490 e. The third-order valence-electron chi connectivity index (χ3n) is 5.21. The first-order valence-corrected chi connectivity index (χ1v) is 10.0. The maximum atomic E-state index is 12.7. The standard InChI is InChI=1S/C19H23N3O3.C2HF3O2/c1-14-4-2-6-17(20-14)19(23)22-11-15-10-21(7-9-25-18(15)13-22)12-16-5-3-8-24-16;3-2(4,5)1(6)7/h2-6,8,15,18H,7,9-13H2,1H3;(H,6,7)/t15-,18+;/m0./s1. The Morgan fingerprint density at radius 1 is 1.19 bits per heavy atom. The number of ether oxygens (including phenoxy) is 1. The molecule has 2 aromatic heterocycles. The largest absolute Gasteiger partial charge is 0.490 e. The molecule has 4 rings (SSSR count).